The van der Waals surface area contributed by atoms with Gasteiger partial charge in [0.25, 0.3) is 0 Å². The number of piperidine rings is 2. The fourth-order valence-electron chi connectivity index (χ4n) is 6.67. The second-order valence-electron chi connectivity index (χ2n) is 11.2. The number of carbonyl (C=O) groups excluding carboxylic acids is 1. The molecule has 2 aromatic carbocycles. The maximum absolute atomic E-state index is 13.7. The Morgan fingerprint density at radius 3 is 2.67 bits per heavy atom. The van der Waals surface area contributed by atoms with Crippen LogP contribution in [0.2, 0.25) is 0 Å². The monoisotopic (exact) mass is 546 g/mol. The van der Waals surface area contributed by atoms with Crippen LogP contribution in [0.3, 0.4) is 0 Å². The van der Waals surface area contributed by atoms with Crippen molar-refractivity contribution in [1.29, 1.82) is 0 Å². The van der Waals surface area contributed by atoms with Crippen molar-refractivity contribution in [2.24, 2.45) is 5.92 Å². The standard InChI is InChI=1S/C33H42N2O5/c1-38-19-9-18-35(23-26-12-8-17-34-16-7-6-13-29(26)34)32(36)15-14-25-20-28-27(24-10-4-3-5-11-24)21-33(37)40-31(28)22-30(25)39-2/h3-5,10-11,20-22,26,29H,6-9,12-19,23H2,1-2H3/t26-,29+/m0/s1. The number of methoxy groups -OCH3 is 2. The van der Waals surface area contributed by atoms with Crippen LogP contribution >= 0.6 is 0 Å². The first kappa shape index (κ1) is 28.4. The van der Waals surface area contributed by atoms with E-state index in [1.54, 1.807) is 20.3 Å². The van der Waals surface area contributed by atoms with Gasteiger partial charge in [0.1, 0.15) is 11.3 Å². The minimum absolute atomic E-state index is 0.175. The smallest absolute Gasteiger partial charge is 0.336 e. The van der Waals surface area contributed by atoms with Crippen LogP contribution in [0.5, 0.6) is 5.75 Å². The number of nitrogens with zero attached hydrogens (tertiary/aromatic N) is 2. The molecule has 1 amide bonds. The van der Waals surface area contributed by atoms with Crippen molar-refractivity contribution in [3.05, 3.63) is 64.5 Å². The maximum Gasteiger partial charge on any atom is 0.336 e. The van der Waals surface area contributed by atoms with E-state index in [1.807, 2.05) is 36.4 Å². The lowest BCUT2D eigenvalue weighted by atomic mass is 9.83. The zero-order valence-corrected chi connectivity index (χ0v) is 23.9. The van der Waals surface area contributed by atoms with Crippen molar-refractivity contribution in [3.63, 3.8) is 0 Å². The van der Waals surface area contributed by atoms with E-state index in [1.165, 1.54) is 51.3 Å². The molecular weight excluding hydrogens is 504 g/mol. The van der Waals surface area contributed by atoms with E-state index in [2.05, 4.69) is 9.80 Å². The minimum atomic E-state index is -0.401. The zero-order valence-electron chi connectivity index (χ0n) is 23.9. The van der Waals surface area contributed by atoms with E-state index < -0.39 is 5.63 Å². The van der Waals surface area contributed by atoms with Gasteiger partial charge in [0.2, 0.25) is 5.91 Å². The van der Waals surface area contributed by atoms with Gasteiger partial charge >= 0.3 is 5.63 Å². The second kappa shape index (κ2) is 13.5. The highest BCUT2D eigenvalue weighted by Gasteiger charge is 2.34. The van der Waals surface area contributed by atoms with Crippen LogP contribution in [-0.2, 0) is 16.0 Å². The summed E-state index contributed by atoms with van der Waals surface area (Å²) in [4.78, 5) is 30.8. The third kappa shape index (κ3) is 6.58. The molecule has 7 nitrogen and oxygen atoms in total. The molecule has 2 aliphatic rings. The van der Waals surface area contributed by atoms with Gasteiger partial charge in [0.05, 0.1) is 7.11 Å². The lowest BCUT2D eigenvalue weighted by molar-refractivity contribution is -0.132. The number of aryl methyl sites for hydroxylation is 1. The van der Waals surface area contributed by atoms with E-state index in [0.717, 1.165) is 35.0 Å². The van der Waals surface area contributed by atoms with Crippen molar-refractivity contribution in [3.8, 4) is 16.9 Å². The summed E-state index contributed by atoms with van der Waals surface area (Å²) in [5.74, 6) is 1.34. The van der Waals surface area contributed by atoms with Crippen LogP contribution < -0.4 is 10.4 Å². The van der Waals surface area contributed by atoms with Gasteiger partial charge in [-0.15, -0.1) is 0 Å². The Hall–Kier alpha value is -3.16. The highest BCUT2D eigenvalue weighted by Crippen LogP contribution is 2.34. The van der Waals surface area contributed by atoms with Gasteiger partial charge in [-0.2, -0.15) is 0 Å². The lowest BCUT2D eigenvalue weighted by Crippen LogP contribution is -2.51. The van der Waals surface area contributed by atoms with Gasteiger partial charge in [0.15, 0.2) is 0 Å². The molecular formula is C33H42N2O5. The Labute approximate surface area is 237 Å². The fraction of sp³-hybridized carbons (Fsp3) is 0.515. The number of ether oxygens (including phenoxy) is 2. The molecule has 0 radical (unpaired) electrons. The summed E-state index contributed by atoms with van der Waals surface area (Å²) in [6, 6.07) is 15.8. The number of hydrogen-bond acceptors (Lipinski definition) is 6. The second-order valence-corrected chi connectivity index (χ2v) is 11.2. The molecule has 0 spiro atoms. The normalized spacial score (nSPS) is 19.4. The average molecular weight is 547 g/mol. The number of hydrogen-bond donors (Lipinski definition) is 0. The predicted molar refractivity (Wildman–Crippen MR) is 158 cm³/mol. The summed E-state index contributed by atoms with van der Waals surface area (Å²) in [5, 5.41) is 0.839. The van der Waals surface area contributed by atoms with Gasteiger partial charge in [-0.3, -0.25) is 4.79 Å². The molecule has 0 N–H and O–H groups in total. The lowest BCUT2D eigenvalue weighted by Gasteiger charge is -2.45. The van der Waals surface area contributed by atoms with E-state index in [0.29, 0.717) is 49.3 Å². The molecule has 2 atom stereocenters. The molecule has 2 aliphatic heterocycles. The molecule has 5 rings (SSSR count). The quantitative estimate of drug-likeness (QED) is 0.233. The third-order valence-electron chi connectivity index (χ3n) is 8.65. The van der Waals surface area contributed by atoms with Crippen molar-refractivity contribution in [1.82, 2.24) is 9.80 Å². The fourth-order valence-corrected chi connectivity index (χ4v) is 6.67. The Morgan fingerprint density at radius 2 is 1.88 bits per heavy atom. The molecule has 40 heavy (non-hydrogen) atoms. The predicted octanol–water partition coefficient (Wildman–Crippen LogP) is 5.53. The molecule has 7 heteroatoms. The van der Waals surface area contributed by atoms with Crippen molar-refractivity contribution in [2.75, 3.05) is 47.0 Å². The van der Waals surface area contributed by atoms with Gasteiger partial charge in [-0.05, 0) is 80.3 Å². The Bertz CT molecular complexity index is 1340. The number of amides is 1. The molecule has 0 aliphatic carbocycles. The van der Waals surface area contributed by atoms with Crippen LogP contribution in [0.25, 0.3) is 22.1 Å². The number of carbonyl (C=O) groups is 1. The number of rotatable bonds is 11. The molecule has 1 aromatic heterocycles. The van der Waals surface area contributed by atoms with Gasteiger partial charge in [-0.1, -0.05) is 36.8 Å². The summed E-state index contributed by atoms with van der Waals surface area (Å²) < 4.78 is 16.5. The van der Waals surface area contributed by atoms with Crippen molar-refractivity contribution in [2.45, 2.75) is 57.4 Å². The van der Waals surface area contributed by atoms with Gasteiger partial charge in [-0.25, -0.2) is 4.79 Å². The van der Waals surface area contributed by atoms with E-state index in [9.17, 15) is 9.59 Å². The SMILES string of the molecule is COCCCN(C[C@@H]1CCCN2CCCC[C@H]12)C(=O)CCc1cc2c(-c3ccccc3)cc(=O)oc2cc1OC. The minimum Gasteiger partial charge on any atom is -0.496 e. The number of fused-ring (bicyclic) bond motifs is 2. The van der Waals surface area contributed by atoms with Crippen molar-refractivity contribution >= 4 is 16.9 Å². The van der Waals surface area contributed by atoms with Crippen LogP contribution in [0.1, 0.15) is 50.5 Å². The van der Waals surface area contributed by atoms with Gasteiger partial charge in [0, 0.05) is 56.8 Å². The molecule has 0 bridgehead atoms. The summed E-state index contributed by atoms with van der Waals surface area (Å²) >= 11 is 0. The van der Waals surface area contributed by atoms with E-state index >= 15 is 0 Å². The molecule has 214 valence electrons. The maximum atomic E-state index is 13.7. The van der Waals surface area contributed by atoms with Crippen molar-refractivity contribution < 1.29 is 18.7 Å². The van der Waals surface area contributed by atoms with E-state index in [-0.39, 0.29) is 5.91 Å². The molecule has 3 heterocycles. The Morgan fingerprint density at radius 1 is 1.05 bits per heavy atom. The highest BCUT2D eigenvalue weighted by atomic mass is 16.5. The summed E-state index contributed by atoms with van der Waals surface area (Å²) in [6.07, 6.45) is 8.03. The Kier molecular flexibility index (Phi) is 9.55. The van der Waals surface area contributed by atoms with Crippen LogP contribution in [0, 0.1) is 5.92 Å². The first-order valence-electron chi connectivity index (χ1n) is 14.8. The van der Waals surface area contributed by atoms with Gasteiger partial charge < -0.3 is 23.7 Å². The van der Waals surface area contributed by atoms with E-state index in [4.69, 9.17) is 13.9 Å². The summed E-state index contributed by atoms with van der Waals surface area (Å²) in [5.41, 5.74) is 2.78. The molecule has 0 saturated carbocycles. The zero-order chi connectivity index (χ0) is 27.9. The summed E-state index contributed by atoms with van der Waals surface area (Å²) in [7, 11) is 3.33. The topological polar surface area (TPSA) is 72.2 Å². The Balaban J connectivity index is 1.36. The average Bonchev–Trinajstić information content (AvgIpc) is 2.99. The molecule has 3 aromatic rings. The summed E-state index contributed by atoms with van der Waals surface area (Å²) in [6.45, 7) is 4.59. The largest absolute Gasteiger partial charge is 0.496 e. The molecule has 0 unspecified atom stereocenters. The first-order valence-corrected chi connectivity index (χ1v) is 14.8. The molecule has 2 fully saturated rings. The third-order valence-corrected chi connectivity index (χ3v) is 8.65. The van der Waals surface area contributed by atoms with Crippen LogP contribution in [0.4, 0.5) is 0 Å². The molecule has 2 saturated heterocycles. The first-order chi connectivity index (χ1) is 19.6. The van der Waals surface area contributed by atoms with Crippen LogP contribution in [-0.4, -0.2) is 68.8 Å². The highest BCUT2D eigenvalue weighted by molar-refractivity contribution is 5.94. The van der Waals surface area contributed by atoms with Crippen LogP contribution in [0.15, 0.2) is 57.7 Å². The number of benzene rings is 2.